The van der Waals surface area contributed by atoms with E-state index < -0.39 is 48.3 Å². The number of carbonyl (C=O) groups excluding carboxylic acids is 3. The van der Waals surface area contributed by atoms with Crippen LogP contribution in [0, 0.1) is 36.0 Å². The Kier molecular flexibility index (Phi) is 21.8. The van der Waals surface area contributed by atoms with Gasteiger partial charge in [-0.25, -0.2) is 0 Å². The first-order valence-electron chi connectivity index (χ1n) is 21.2. The first-order chi connectivity index (χ1) is 27.7. The number of ketones is 1. The zero-order valence-electron chi connectivity index (χ0n) is 36.7. The van der Waals surface area contributed by atoms with E-state index >= 15 is 0 Å². The maximum Gasteiger partial charge on any atom is 0.308 e. The van der Waals surface area contributed by atoms with E-state index in [1.807, 2.05) is 54.8 Å². The number of unbranched alkanes of at least 4 members (excludes halogenated alkanes) is 1. The Morgan fingerprint density at radius 2 is 1.72 bits per heavy atom. The zero-order valence-corrected chi connectivity index (χ0v) is 36.7. The standard InChI is InChI=1S/C45H73NO12/c1-12-14-15-20-54-44-32(7)56-42(24-35(44)46(8)9)58-43-31(6)37(49)25-41(50)57-38(13-2)34(21-28(3)16-17-36(48)29(4)22-33(43)18-19-47)26-53-27-40-45(52-11)39(51-10)23-30(5)55-40/h1,16-17,19,21,29-35,37-40,42-45,49H,13-15,18,20,22-27H2,2-11H3/b17-16+,28-21+/t29-,30-,31+,32?,33+,34?,35-,37-,38?,39-,40?,42?,43-,44-,45-/m1/s1. The van der Waals surface area contributed by atoms with E-state index in [1.54, 1.807) is 33.3 Å². The van der Waals surface area contributed by atoms with Crippen LogP contribution in [0.3, 0.4) is 0 Å². The molecule has 0 aromatic rings. The minimum absolute atomic E-state index is 0.0351. The first kappa shape index (κ1) is 49.8. The molecule has 0 radical (unpaired) electrons. The number of hydrogen-bond acceptors (Lipinski definition) is 13. The predicted octanol–water partition coefficient (Wildman–Crippen LogP) is 5.10. The number of aliphatic hydroxyl groups is 1. The number of methoxy groups -OCH3 is 2. The summed E-state index contributed by atoms with van der Waals surface area (Å²) in [6.07, 6.45) is 10.0. The van der Waals surface area contributed by atoms with Crippen molar-refractivity contribution in [2.24, 2.45) is 23.7 Å². The maximum absolute atomic E-state index is 13.7. The Hall–Kier alpha value is -2.51. The van der Waals surface area contributed by atoms with E-state index in [-0.39, 0.29) is 80.4 Å². The summed E-state index contributed by atoms with van der Waals surface area (Å²) in [5.74, 6) is 0.0504. The normalized spacial score (nSPS) is 38.7. The average Bonchev–Trinajstić information content (AvgIpc) is 3.18. The number of carbonyl (C=O) groups is 3. The van der Waals surface area contributed by atoms with Crippen molar-refractivity contribution >= 4 is 18.0 Å². The topological polar surface area (TPSA) is 149 Å². The van der Waals surface area contributed by atoms with E-state index in [2.05, 4.69) is 10.8 Å². The monoisotopic (exact) mass is 820 g/mol. The summed E-state index contributed by atoms with van der Waals surface area (Å²) >= 11 is 0. The molecule has 2 saturated heterocycles. The molecule has 13 nitrogen and oxygen atoms in total. The fourth-order valence-electron chi connectivity index (χ4n) is 8.57. The van der Waals surface area contributed by atoms with Crippen molar-refractivity contribution in [1.29, 1.82) is 0 Å². The number of likely N-dealkylation sites (N-methyl/N-ethyl adjacent to an activating group) is 1. The number of rotatable bonds is 16. The summed E-state index contributed by atoms with van der Waals surface area (Å²) in [6.45, 7) is 12.3. The smallest absolute Gasteiger partial charge is 0.308 e. The number of ether oxygens (including phenoxy) is 8. The molecule has 0 aromatic heterocycles. The molecule has 3 rings (SSSR count). The maximum atomic E-state index is 13.7. The van der Waals surface area contributed by atoms with E-state index in [0.29, 0.717) is 38.7 Å². The SMILES string of the molecule is C#CCCCO[C@@H]1C(C)OC(O[C@H]2[C@@H](CC=O)C[C@@H](C)C(=O)/C=C/C(C)=C/C(COCC3O[C@H](C)C[C@@H](OC)[C@H]3OC)C(CC)OC(=O)C[C@@H](O)[C@@H]2C)C[C@H]1N(C)C. The molecule has 3 heterocycles. The van der Waals surface area contributed by atoms with Gasteiger partial charge < -0.3 is 52.7 Å². The highest BCUT2D eigenvalue weighted by molar-refractivity contribution is 5.91. The fourth-order valence-corrected chi connectivity index (χ4v) is 8.57. The minimum atomic E-state index is -1.18. The van der Waals surface area contributed by atoms with Gasteiger partial charge in [-0.15, -0.1) is 12.3 Å². The molecule has 58 heavy (non-hydrogen) atoms. The lowest BCUT2D eigenvalue weighted by Gasteiger charge is -2.45. The average molecular weight is 820 g/mol. The minimum Gasteiger partial charge on any atom is -0.462 e. The van der Waals surface area contributed by atoms with Crippen LogP contribution in [0.25, 0.3) is 0 Å². The number of allylic oxidation sites excluding steroid dienone is 3. The summed E-state index contributed by atoms with van der Waals surface area (Å²) in [5, 5.41) is 11.7. The van der Waals surface area contributed by atoms with Crippen molar-refractivity contribution in [2.45, 2.75) is 160 Å². The first-order valence-corrected chi connectivity index (χ1v) is 21.2. The van der Waals surface area contributed by atoms with Crippen molar-refractivity contribution in [3.63, 3.8) is 0 Å². The molecule has 0 aliphatic carbocycles. The molecular formula is C45H73NO12. The number of cyclic esters (lactones) is 1. The van der Waals surface area contributed by atoms with Gasteiger partial charge in [-0.2, -0.15) is 0 Å². The third-order valence-electron chi connectivity index (χ3n) is 11.9. The van der Waals surface area contributed by atoms with Gasteiger partial charge in [0.15, 0.2) is 12.1 Å². The Morgan fingerprint density at radius 1 is 0.983 bits per heavy atom. The lowest BCUT2D eigenvalue weighted by Crippen LogP contribution is -2.56. The van der Waals surface area contributed by atoms with Crippen LogP contribution in [0.15, 0.2) is 23.8 Å². The quantitative estimate of drug-likeness (QED) is 0.0954. The largest absolute Gasteiger partial charge is 0.462 e. The molecule has 0 spiro atoms. The van der Waals surface area contributed by atoms with Gasteiger partial charge in [0.1, 0.15) is 24.6 Å². The van der Waals surface area contributed by atoms with Crippen LogP contribution in [-0.2, 0) is 52.3 Å². The Morgan fingerprint density at radius 3 is 2.36 bits per heavy atom. The van der Waals surface area contributed by atoms with Crippen molar-refractivity contribution < 1.29 is 57.4 Å². The van der Waals surface area contributed by atoms with E-state index in [0.717, 1.165) is 18.3 Å². The van der Waals surface area contributed by atoms with E-state index in [4.69, 9.17) is 44.3 Å². The number of nitrogens with zero attached hydrogens (tertiary/aromatic N) is 1. The summed E-state index contributed by atoms with van der Waals surface area (Å²) in [7, 11) is 7.25. The van der Waals surface area contributed by atoms with Crippen LogP contribution < -0.4 is 0 Å². The van der Waals surface area contributed by atoms with Crippen LogP contribution in [0.2, 0.25) is 0 Å². The molecule has 0 saturated carbocycles. The molecule has 330 valence electrons. The van der Waals surface area contributed by atoms with E-state index in [9.17, 15) is 19.5 Å². The van der Waals surface area contributed by atoms with Gasteiger partial charge in [-0.05, 0) is 66.1 Å². The fraction of sp³-hybridized carbons (Fsp3) is 0.800. The van der Waals surface area contributed by atoms with Crippen LogP contribution in [-0.4, -0.2) is 143 Å². The number of esters is 1. The molecule has 13 heteroatoms. The molecule has 0 amide bonds. The molecular weight excluding hydrogens is 746 g/mol. The number of aldehydes is 1. The molecule has 5 unspecified atom stereocenters. The van der Waals surface area contributed by atoms with E-state index in [1.165, 1.54) is 0 Å². The molecule has 3 aliphatic rings. The summed E-state index contributed by atoms with van der Waals surface area (Å²) in [5.41, 5.74) is 0.796. The summed E-state index contributed by atoms with van der Waals surface area (Å²) in [6, 6.07) is -0.0576. The lowest BCUT2D eigenvalue weighted by atomic mass is 9.79. The van der Waals surface area contributed by atoms with Gasteiger partial charge in [0.25, 0.3) is 0 Å². The third-order valence-corrected chi connectivity index (χ3v) is 11.9. The second-order valence-electron chi connectivity index (χ2n) is 16.7. The summed E-state index contributed by atoms with van der Waals surface area (Å²) in [4.78, 5) is 41.5. The zero-order chi connectivity index (χ0) is 42.9. The van der Waals surface area contributed by atoms with Crippen LogP contribution in [0.4, 0.5) is 0 Å². The molecule has 2 fully saturated rings. The molecule has 3 aliphatic heterocycles. The van der Waals surface area contributed by atoms with Gasteiger partial charge in [-0.3, -0.25) is 9.59 Å². The number of terminal acetylenes is 1. The van der Waals surface area contributed by atoms with Crippen molar-refractivity contribution in [3.8, 4) is 12.3 Å². The third kappa shape index (κ3) is 14.9. The van der Waals surface area contributed by atoms with Crippen LogP contribution in [0.1, 0.15) is 92.9 Å². The van der Waals surface area contributed by atoms with Gasteiger partial charge >= 0.3 is 5.97 Å². The van der Waals surface area contributed by atoms with Gasteiger partial charge in [0, 0.05) is 70.3 Å². The van der Waals surface area contributed by atoms with Gasteiger partial charge in [-0.1, -0.05) is 38.5 Å². The lowest BCUT2D eigenvalue weighted by molar-refractivity contribution is -0.271. The molecule has 15 atom stereocenters. The number of hydrogen-bond donors (Lipinski definition) is 1. The second kappa shape index (κ2) is 25.3. The van der Waals surface area contributed by atoms with Crippen LogP contribution in [0.5, 0.6) is 0 Å². The van der Waals surface area contributed by atoms with Crippen LogP contribution >= 0.6 is 0 Å². The predicted molar refractivity (Wildman–Crippen MR) is 220 cm³/mol. The Labute approximate surface area is 347 Å². The van der Waals surface area contributed by atoms with Crippen molar-refractivity contribution in [1.82, 2.24) is 4.90 Å². The molecule has 0 aromatic carbocycles. The Balaban J connectivity index is 1.88. The highest BCUT2D eigenvalue weighted by atomic mass is 16.7. The van der Waals surface area contributed by atoms with Gasteiger partial charge in [0.2, 0.25) is 0 Å². The summed E-state index contributed by atoms with van der Waals surface area (Å²) < 4.78 is 49.4. The highest BCUT2D eigenvalue weighted by Crippen LogP contribution is 2.35. The van der Waals surface area contributed by atoms with Crippen molar-refractivity contribution in [2.75, 3.05) is 48.1 Å². The second-order valence-corrected chi connectivity index (χ2v) is 16.7. The van der Waals surface area contributed by atoms with Gasteiger partial charge in [0.05, 0.1) is 56.3 Å². The Bertz CT molecular complexity index is 1360. The van der Waals surface area contributed by atoms with Crippen molar-refractivity contribution in [3.05, 3.63) is 23.8 Å². The molecule has 0 bridgehead atoms. The number of aliphatic hydroxyl groups excluding tert-OH is 1. The highest BCUT2D eigenvalue weighted by Gasteiger charge is 2.43. The molecule has 1 N–H and O–H groups in total.